The summed E-state index contributed by atoms with van der Waals surface area (Å²) in [6, 6.07) is 8.51. The first-order valence-corrected chi connectivity index (χ1v) is 11.8. The van der Waals surface area contributed by atoms with E-state index in [0.29, 0.717) is 32.2 Å². The van der Waals surface area contributed by atoms with Gasteiger partial charge in [0.05, 0.1) is 12.7 Å². The van der Waals surface area contributed by atoms with Gasteiger partial charge in [0.1, 0.15) is 11.4 Å². The average Bonchev–Trinajstić information content (AvgIpc) is 2.81. The molecule has 3 heterocycles. The van der Waals surface area contributed by atoms with Gasteiger partial charge in [-0.15, -0.1) is 0 Å². The van der Waals surface area contributed by atoms with Crippen LogP contribution in [0.15, 0.2) is 41.3 Å². The molecule has 182 valence electrons. The van der Waals surface area contributed by atoms with E-state index in [4.69, 9.17) is 4.74 Å². The quantitative estimate of drug-likeness (QED) is 0.578. The van der Waals surface area contributed by atoms with Crippen LogP contribution < -0.4 is 15.6 Å². The number of anilines is 1. The van der Waals surface area contributed by atoms with E-state index in [1.165, 1.54) is 11.7 Å². The van der Waals surface area contributed by atoms with Gasteiger partial charge in [-0.1, -0.05) is 18.2 Å². The Hall–Kier alpha value is -3.19. The Labute approximate surface area is 193 Å². The van der Waals surface area contributed by atoms with Crippen LogP contribution in [0.4, 0.5) is 19.1 Å². The van der Waals surface area contributed by atoms with Gasteiger partial charge in [0.2, 0.25) is 5.95 Å². The molecule has 1 aliphatic rings. The highest BCUT2D eigenvalue weighted by molar-refractivity contribution is 7.90. The van der Waals surface area contributed by atoms with Crippen molar-refractivity contribution in [1.29, 1.82) is 0 Å². The zero-order chi connectivity index (χ0) is 24.7. The zero-order valence-corrected chi connectivity index (χ0v) is 19.2. The van der Waals surface area contributed by atoms with Crippen molar-refractivity contribution < 1.29 is 26.3 Å². The average molecular weight is 497 g/mol. The van der Waals surface area contributed by atoms with Gasteiger partial charge < -0.3 is 10.1 Å². The highest BCUT2D eigenvalue weighted by Gasteiger charge is 2.50. The number of alkyl halides is 3. The molecule has 0 amide bonds. The maximum atomic E-state index is 13.0. The number of halogens is 3. The van der Waals surface area contributed by atoms with Crippen molar-refractivity contribution in [2.24, 2.45) is 7.05 Å². The molecule has 0 saturated carbocycles. The SMILES string of the molecule is COc1ccccc1-c1cc2cnc(NC3CCN(S(=O)(=O)C(F)(F)F)CC3)nc2n(C)c1=O. The lowest BCUT2D eigenvalue weighted by molar-refractivity contribution is -0.0494. The van der Waals surface area contributed by atoms with Crippen molar-refractivity contribution in [2.45, 2.75) is 24.4 Å². The third-order valence-electron chi connectivity index (χ3n) is 5.77. The summed E-state index contributed by atoms with van der Waals surface area (Å²) in [5.74, 6) is 0.752. The van der Waals surface area contributed by atoms with Crippen molar-refractivity contribution in [3.63, 3.8) is 0 Å². The minimum atomic E-state index is -5.34. The van der Waals surface area contributed by atoms with Crippen molar-refractivity contribution >= 4 is 27.0 Å². The largest absolute Gasteiger partial charge is 0.511 e. The summed E-state index contributed by atoms with van der Waals surface area (Å²) < 4.78 is 68.6. The highest BCUT2D eigenvalue weighted by Crippen LogP contribution is 2.30. The molecular formula is C21H22F3N5O4S. The van der Waals surface area contributed by atoms with Gasteiger partial charge in [-0.3, -0.25) is 9.36 Å². The van der Waals surface area contributed by atoms with Crippen LogP contribution in [-0.4, -0.2) is 59.0 Å². The number of piperidine rings is 1. The lowest BCUT2D eigenvalue weighted by atomic mass is 10.1. The maximum absolute atomic E-state index is 13.0. The predicted octanol–water partition coefficient (Wildman–Crippen LogP) is 2.73. The number of nitrogens with zero attached hydrogens (tertiary/aromatic N) is 4. The van der Waals surface area contributed by atoms with Crippen molar-refractivity contribution in [3.8, 4) is 16.9 Å². The number of methoxy groups -OCH3 is 1. The smallest absolute Gasteiger partial charge is 0.496 e. The van der Waals surface area contributed by atoms with Crippen molar-refractivity contribution in [1.82, 2.24) is 18.8 Å². The zero-order valence-electron chi connectivity index (χ0n) is 18.3. The molecule has 0 bridgehead atoms. The van der Waals surface area contributed by atoms with Crippen LogP contribution in [0.1, 0.15) is 12.8 Å². The maximum Gasteiger partial charge on any atom is 0.511 e. The fraction of sp³-hybridized carbons (Fsp3) is 0.381. The Bertz CT molecular complexity index is 1380. The summed E-state index contributed by atoms with van der Waals surface area (Å²) in [7, 11) is -2.23. The molecule has 1 N–H and O–H groups in total. The number of ether oxygens (including phenoxy) is 1. The molecule has 0 atom stereocenters. The third-order valence-corrected chi connectivity index (χ3v) is 7.40. The molecule has 3 aromatic rings. The number of fused-ring (bicyclic) bond motifs is 1. The number of sulfonamides is 1. The number of para-hydroxylation sites is 1. The van der Waals surface area contributed by atoms with Crippen LogP contribution in [0.3, 0.4) is 0 Å². The van der Waals surface area contributed by atoms with E-state index in [-0.39, 0.29) is 43.5 Å². The molecule has 1 saturated heterocycles. The molecule has 1 aromatic carbocycles. The summed E-state index contributed by atoms with van der Waals surface area (Å²) in [4.78, 5) is 21.7. The Morgan fingerprint density at radius 2 is 1.82 bits per heavy atom. The standard InChI is InChI=1S/C21H22F3N5O4S/c1-28-18-13(11-16(19(28)30)15-5-3-4-6-17(15)33-2)12-25-20(27-18)26-14-7-9-29(10-8-14)34(31,32)21(22,23)24/h3-6,11-12,14H,7-10H2,1-2H3,(H,25,26,27). The first-order chi connectivity index (χ1) is 16.0. The van der Waals surface area contributed by atoms with Crippen molar-refractivity contribution in [3.05, 3.63) is 46.9 Å². The van der Waals surface area contributed by atoms with Gasteiger partial charge in [0, 0.05) is 43.3 Å². The molecule has 1 aliphatic heterocycles. The fourth-order valence-corrected chi connectivity index (χ4v) is 4.93. The summed E-state index contributed by atoms with van der Waals surface area (Å²) >= 11 is 0. The molecule has 9 nitrogen and oxygen atoms in total. The lowest BCUT2D eigenvalue weighted by Gasteiger charge is -2.31. The molecule has 1 fully saturated rings. The summed E-state index contributed by atoms with van der Waals surface area (Å²) in [6.07, 6.45) is 1.86. The van der Waals surface area contributed by atoms with Gasteiger partial charge in [0.25, 0.3) is 5.56 Å². The first kappa shape index (κ1) is 24.0. The van der Waals surface area contributed by atoms with E-state index in [1.807, 2.05) is 0 Å². The Kier molecular flexibility index (Phi) is 6.25. The van der Waals surface area contributed by atoms with Crippen LogP contribution in [-0.2, 0) is 17.1 Å². The van der Waals surface area contributed by atoms with Crippen molar-refractivity contribution in [2.75, 3.05) is 25.5 Å². The van der Waals surface area contributed by atoms with Gasteiger partial charge >= 0.3 is 15.5 Å². The van der Waals surface area contributed by atoms with Crippen LogP contribution in [0.2, 0.25) is 0 Å². The Balaban J connectivity index is 1.56. The number of benzene rings is 1. The molecule has 0 spiro atoms. The number of pyridine rings is 1. The Morgan fingerprint density at radius 3 is 2.47 bits per heavy atom. The van der Waals surface area contributed by atoms with E-state index in [2.05, 4.69) is 15.3 Å². The second kappa shape index (κ2) is 8.87. The predicted molar refractivity (Wildman–Crippen MR) is 120 cm³/mol. The molecular weight excluding hydrogens is 475 g/mol. The second-order valence-corrected chi connectivity index (χ2v) is 9.79. The molecule has 4 rings (SSSR count). The van der Waals surface area contributed by atoms with E-state index >= 15 is 0 Å². The normalized spacial score (nSPS) is 16.0. The second-order valence-electron chi connectivity index (χ2n) is 7.86. The van der Waals surface area contributed by atoms with Crippen LogP contribution >= 0.6 is 0 Å². The van der Waals surface area contributed by atoms with E-state index in [9.17, 15) is 26.4 Å². The van der Waals surface area contributed by atoms with Crippen LogP contribution in [0.25, 0.3) is 22.2 Å². The van der Waals surface area contributed by atoms with E-state index in [1.54, 1.807) is 43.6 Å². The summed E-state index contributed by atoms with van der Waals surface area (Å²) in [5.41, 5.74) is -4.17. The monoisotopic (exact) mass is 497 g/mol. The number of aromatic nitrogens is 3. The molecule has 13 heteroatoms. The topological polar surface area (TPSA) is 106 Å². The highest BCUT2D eigenvalue weighted by atomic mass is 32.2. The number of aryl methyl sites for hydroxylation is 1. The minimum Gasteiger partial charge on any atom is -0.496 e. The van der Waals surface area contributed by atoms with Gasteiger partial charge in [-0.25, -0.2) is 13.4 Å². The number of hydrogen-bond acceptors (Lipinski definition) is 7. The molecule has 34 heavy (non-hydrogen) atoms. The molecule has 0 aliphatic carbocycles. The third kappa shape index (κ3) is 4.32. The minimum absolute atomic E-state index is 0.155. The summed E-state index contributed by atoms with van der Waals surface area (Å²) in [5, 5.41) is 3.65. The first-order valence-electron chi connectivity index (χ1n) is 10.4. The van der Waals surface area contributed by atoms with Crippen LogP contribution in [0.5, 0.6) is 5.75 Å². The lowest BCUT2D eigenvalue weighted by Crippen LogP contribution is -2.47. The van der Waals surface area contributed by atoms with E-state index < -0.39 is 15.5 Å². The Morgan fingerprint density at radius 1 is 1.15 bits per heavy atom. The molecule has 2 aromatic heterocycles. The number of nitrogens with one attached hydrogen (secondary N) is 1. The molecule has 0 radical (unpaired) electrons. The molecule has 0 unspecified atom stereocenters. The van der Waals surface area contributed by atoms with E-state index in [0.717, 1.165) is 0 Å². The van der Waals surface area contributed by atoms with Gasteiger partial charge in [-0.2, -0.15) is 22.5 Å². The number of hydrogen-bond donors (Lipinski definition) is 1. The van der Waals surface area contributed by atoms with Crippen LogP contribution in [0, 0.1) is 0 Å². The fourth-order valence-electron chi connectivity index (χ4n) is 3.95. The summed E-state index contributed by atoms with van der Waals surface area (Å²) in [6.45, 7) is -0.540. The van der Waals surface area contributed by atoms with Gasteiger partial charge in [0.15, 0.2) is 0 Å². The number of rotatable bonds is 5. The van der Waals surface area contributed by atoms with Gasteiger partial charge in [-0.05, 0) is 25.0 Å².